The van der Waals surface area contributed by atoms with Crippen LogP contribution < -0.4 is 20.6 Å². The molecular weight excluding hydrogens is 543 g/mol. The van der Waals surface area contributed by atoms with Gasteiger partial charge in [-0.1, -0.05) is 131 Å². The summed E-state index contributed by atoms with van der Waals surface area (Å²) in [6.45, 7) is 9.64. The molecule has 0 aromatic heterocycles. The number of rotatable bonds is 1. The van der Waals surface area contributed by atoms with E-state index in [9.17, 15) is 0 Å². The third kappa shape index (κ3) is 3.02. The van der Waals surface area contributed by atoms with Gasteiger partial charge < -0.3 is 9.71 Å². The number of hydrogen-bond donors (Lipinski definition) is 0. The van der Waals surface area contributed by atoms with Crippen LogP contribution >= 0.6 is 0 Å². The Morgan fingerprint density at radius 2 is 1.07 bits per heavy atom. The van der Waals surface area contributed by atoms with Gasteiger partial charge in [0.25, 0.3) is 0 Å². The maximum atomic E-state index is 2.69. The van der Waals surface area contributed by atoms with Crippen molar-refractivity contribution in [2.45, 2.75) is 38.5 Å². The lowest BCUT2D eigenvalue weighted by Crippen LogP contribution is -2.63. The zero-order valence-electron chi connectivity index (χ0n) is 26.1. The first kappa shape index (κ1) is 25.3. The number of anilines is 5. The Morgan fingerprint density at radius 1 is 0.467 bits per heavy atom. The minimum atomic E-state index is -0.130. The van der Waals surface area contributed by atoms with Crippen LogP contribution in [0.5, 0.6) is 0 Å². The highest BCUT2D eigenvalue weighted by molar-refractivity contribution is 6.93. The van der Waals surface area contributed by atoms with E-state index in [1.165, 1.54) is 83.9 Å². The number of hydrogen-bond acceptors (Lipinski definition) is 2. The molecule has 214 valence electrons. The third-order valence-electron chi connectivity index (χ3n) is 11.2. The van der Waals surface area contributed by atoms with Gasteiger partial charge in [0.1, 0.15) is 0 Å². The van der Waals surface area contributed by atoms with E-state index in [4.69, 9.17) is 0 Å². The van der Waals surface area contributed by atoms with Crippen LogP contribution in [0, 0.1) is 0 Å². The fraction of sp³-hybridized carbons (Fsp3) is 0.143. The van der Waals surface area contributed by atoms with Crippen molar-refractivity contribution in [1.29, 1.82) is 0 Å². The molecule has 0 unspecified atom stereocenters. The van der Waals surface area contributed by atoms with Crippen LogP contribution in [0.2, 0.25) is 0 Å². The van der Waals surface area contributed by atoms with E-state index >= 15 is 0 Å². The van der Waals surface area contributed by atoms with E-state index in [0.29, 0.717) is 0 Å². The fourth-order valence-corrected chi connectivity index (χ4v) is 9.07. The molecule has 0 radical (unpaired) electrons. The van der Waals surface area contributed by atoms with Crippen molar-refractivity contribution in [3.63, 3.8) is 0 Å². The van der Waals surface area contributed by atoms with E-state index in [1.54, 1.807) is 0 Å². The number of nitrogens with zero attached hydrogens (tertiary/aromatic N) is 2. The smallest absolute Gasteiger partial charge is 0.333 e. The van der Waals surface area contributed by atoms with Crippen LogP contribution in [0.15, 0.2) is 127 Å². The molecule has 4 heterocycles. The lowest BCUT2D eigenvalue weighted by molar-refractivity contribution is 0.632. The van der Waals surface area contributed by atoms with Gasteiger partial charge in [0.2, 0.25) is 0 Å². The Balaban J connectivity index is 1.40. The van der Waals surface area contributed by atoms with Gasteiger partial charge >= 0.3 is 6.85 Å². The van der Waals surface area contributed by atoms with Crippen LogP contribution in [0.25, 0.3) is 22.3 Å². The Labute approximate surface area is 265 Å². The molecule has 0 atom stereocenters. The summed E-state index contributed by atoms with van der Waals surface area (Å²) in [6, 6.07) is 48.1. The summed E-state index contributed by atoms with van der Waals surface area (Å²) in [5.41, 5.74) is 19.8. The molecular formula is C42H33BN2. The van der Waals surface area contributed by atoms with Crippen molar-refractivity contribution in [2.24, 2.45) is 0 Å². The van der Waals surface area contributed by atoms with Crippen molar-refractivity contribution in [3.05, 3.63) is 150 Å². The lowest BCUT2D eigenvalue weighted by atomic mass is 9.41. The third-order valence-corrected chi connectivity index (χ3v) is 11.2. The monoisotopic (exact) mass is 576 g/mol. The average Bonchev–Trinajstić information content (AvgIpc) is 3.07. The van der Waals surface area contributed by atoms with E-state index in [0.717, 1.165) is 0 Å². The molecule has 0 saturated carbocycles. The molecule has 6 aromatic rings. The number of benzene rings is 6. The van der Waals surface area contributed by atoms with E-state index < -0.39 is 0 Å². The van der Waals surface area contributed by atoms with Crippen LogP contribution in [0.1, 0.15) is 49.9 Å². The molecule has 0 bridgehead atoms. The van der Waals surface area contributed by atoms with Crippen LogP contribution in [0.3, 0.4) is 0 Å². The summed E-state index contributed by atoms with van der Waals surface area (Å²) in [7, 11) is 0. The summed E-state index contributed by atoms with van der Waals surface area (Å²) in [5.74, 6) is 0. The predicted molar refractivity (Wildman–Crippen MR) is 190 cm³/mol. The highest BCUT2D eigenvalue weighted by Gasteiger charge is 2.52. The molecule has 0 aliphatic carbocycles. The predicted octanol–water partition coefficient (Wildman–Crippen LogP) is 9.34. The molecule has 45 heavy (non-hydrogen) atoms. The van der Waals surface area contributed by atoms with E-state index in [-0.39, 0.29) is 17.7 Å². The van der Waals surface area contributed by atoms with Crippen molar-refractivity contribution in [2.75, 3.05) is 9.71 Å². The van der Waals surface area contributed by atoms with Gasteiger partial charge in [-0.05, 0) is 74.1 Å². The molecule has 4 aliphatic heterocycles. The lowest BCUT2D eigenvalue weighted by Gasteiger charge is -2.53. The summed E-state index contributed by atoms with van der Waals surface area (Å²) in [6.07, 6.45) is 0. The molecule has 6 aromatic carbocycles. The molecule has 0 saturated heterocycles. The van der Waals surface area contributed by atoms with Crippen molar-refractivity contribution < 1.29 is 0 Å². The molecule has 0 N–H and O–H groups in total. The quantitative estimate of drug-likeness (QED) is 0.180. The first-order valence-corrected chi connectivity index (χ1v) is 16.2. The van der Waals surface area contributed by atoms with Gasteiger partial charge in [0.15, 0.2) is 0 Å². The van der Waals surface area contributed by atoms with Crippen LogP contribution in [0.4, 0.5) is 28.4 Å². The minimum Gasteiger partial charge on any atom is -0.376 e. The summed E-state index contributed by atoms with van der Waals surface area (Å²) in [5, 5.41) is 0. The van der Waals surface area contributed by atoms with Crippen molar-refractivity contribution in [3.8, 4) is 22.3 Å². The van der Waals surface area contributed by atoms with Gasteiger partial charge in [-0.25, -0.2) is 0 Å². The topological polar surface area (TPSA) is 6.48 Å². The van der Waals surface area contributed by atoms with Crippen molar-refractivity contribution >= 4 is 46.2 Å². The summed E-state index contributed by atoms with van der Waals surface area (Å²) < 4.78 is 0. The zero-order chi connectivity index (χ0) is 30.2. The fourth-order valence-electron chi connectivity index (χ4n) is 9.07. The second-order valence-electron chi connectivity index (χ2n) is 14.2. The first-order valence-electron chi connectivity index (χ1n) is 16.2. The standard InChI is InChI=1S/C42H33BN2/c1-41(2)30-17-8-10-22-35(30)44-37-25-27(26-14-6-5-7-15-26)24-29-28-16-12-19-32-39(28)45(36-23-11-9-18-31(36)42(32,3)4)43(38(29)37)34-21-13-20-33(41)40(34)44/h5-25H,1-4H3. The molecule has 2 nitrogen and oxygen atoms in total. The highest BCUT2D eigenvalue weighted by Crippen LogP contribution is 2.58. The highest BCUT2D eigenvalue weighted by atomic mass is 15.2. The second-order valence-corrected chi connectivity index (χ2v) is 14.2. The minimum absolute atomic E-state index is 0.0537. The van der Waals surface area contributed by atoms with Crippen molar-refractivity contribution in [1.82, 2.24) is 0 Å². The number of fused-ring (bicyclic) bond motifs is 8. The maximum Gasteiger partial charge on any atom is 0.333 e. The molecule has 3 heteroatoms. The second kappa shape index (κ2) is 8.37. The van der Waals surface area contributed by atoms with Gasteiger partial charge in [-0.2, -0.15) is 0 Å². The molecule has 0 fully saturated rings. The summed E-state index contributed by atoms with van der Waals surface area (Å²) >= 11 is 0. The largest absolute Gasteiger partial charge is 0.376 e. The van der Waals surface area contributed by atoms with Gasteiger partial charge in [-0.3, -0.25) is 0 Å². The Morgan fingerprint density at radius 3 is 1.82 bits per heavy atom. The number of para-hydroxylation sites is 4. The molecule has 0 spiro atoms. The van der Waals surface area contributed by atoms with Gasteiger partial charge in [-0.15, -0.1) is 0 Å². The molecule has 10 rings (SSSR count). The van der Waals surface area contributed by atoms with Crippen LogP contribution in [-0.4, -0.2) is 6.85 Å². The maximum absolute atomic E-state index is 2.69. The van der Waals surface area contributed by atoms with E-state index in [1.807, 2.05) is 0 Å². The normalized spacial score (nSPS) is 16.7. The zero-order valence-corrected chi connectivity index (χ0v) is 26.1. The van der Waals surface area contributed by atoms with Gasteiger partial charge in [0.05, 0.1) is 5.69 Å². The van der Waals surface area contributed by atoms with Crippen LogP contribution in [-0.2, 0) is 10.8 Å². The Bertz CT molecular complexity index is 2250. The van der Waals surface area contributed by atoms with E-state index in [2.05, 4.69) is 165 Å². The Hall–Kier alpha value is -5.02. The SMILES string of the molecule is CC1(C)c2ccccc2N2B3c4cccc5c4N(c4ccccc4C5(C)C)c4cc(-c5ccccc5)cc(c43)-c3cccc1c32. The molecule has 0 amide bonds. The van der Waals surface area contributed by atoms with Gasteiger partial charge in [0, 0.05) is 39.1 Å². The summed E-state index contributed by atoms with van der Waals surface area (Å²) in [4.78, 5) is 5.29. The average molecular weight is 577 g/mol. The first-order chi connectivity index (χ1) is 21.9. The Kier molecular flexibility index (Phi) is 4.71. The molecule has 4 aliphatic rings.